The number of aryl methyl sites for hydroxylation is 1. The first kappa shape index (κ1) is 11.1. The van der Waals surface area contributed by atoms with Gasteiger partial charge in [0.2, 0.25) is 0 Å². The van der Waals surface area contributed by atoms with Crippen molar-refractivity contribution in [1.29, 1.82) is 0 Å². The third kappa shape index (κ3) is 3.08. The smallest absolute Gasteiger partial charge is 0.138 e. The average molecular weight is 199 g/mol. The summed E-state index contributed by atoms with van der Waals surface area (Å²) >= 11 is 0. The van der Waals surface area contributed by atoms with Gasteiger partial charge in [-0.15, -0.1) is 0 Å². The number of rotatable bonds is 6. The summed E-state index contributed by atoms with van der Waals surface area (Å²) < 4.78 is 6.88. The van der Waals surface area contributed by atoms with Gasteiger partial charge in [-0.1, -0.05) is 0 Å². The topological polar surface area (TPSA) is 60.2 Å². The molecule has 1 heterocycles. The van der Waals surface area contributed by atoms with Crippen LogP contribution in [-0.4, -0.2) is 39.2 Å². The average Bonchev–Trinajstić information content (AvgIpc) is 2.62. The zero-order valence-corrected chi connectivity index (χ0v) is 8.68. The molecule has 14 heavy (non-hydrogen) atoms. The molecule has 1 unspecified atom stereocenters. The van der Waals surface area contributed by atoms with E-state index in [2.05, 4.69) is 10.1 Å². The van der Waals surface area contributed by atoms with Crippen LogP contribution in [0.2, 0.25) is 0 Å². The van der Waals surface area contributed by atoms with E-state index in [-0.39, 0.29) is 0 Å². The molecule has 1 aromatic heterocycles. The normalized spacial score (nSPS) is 13.1. The first-order valence-electron chi connectivity index (χ1n) is 4.90. The summed E-state index contributed by atoms with van der Waals surface area (Å²) in [6.45, 7) is 5.65. The fourth-order valence-electron chi connectivity index (χ4n) is 1.23. The molecule has 0 bridgehead atoms. The van der Waals surface area contributed by atoms with Gasteiger partial charge in [0.05, 0.1) is 12.7 Å². The fourth-order valence-corrected chi connectivity index (χ4v) is 1.23. The van der Waals surface area contributed by atoms with Crippen LogP contribution in [0, 0.1) is 0 Å². The van der Waals surface area contributed by atoms with Crippen molar-refractivity contribution in [3.05, 3.63) is 12.2 Å². The Morgan fingerprint density at radius 1 is 1.57 bits per heavy atom. The van der Waals surface area contributed by atoms with E-state index in [1.54, 1.807) is 4.68 Å². The monoisotopic (exact) mass is 199 g/mol. The molecular weight excluding hydrogens is 182 g/mol. The van der Waals surface area contributed by atoms with Gasteiger partial charge in [-0.05, 0) is 13.8 Å². The summed E-state index contributed by atoms with van der Waals surface area (Å²) in [7, 11) is 0. The van der Waals surface area contributed by atoms with E-state index < -0.39 is 6.10 Å². The molecule has 0 radical (unpaired) electrons. The highest BCUT2D eigenvalue weighted by Crippen LogP contribution is 2.00. The molecule has 1 rings (SSSR count). The molecule has 1 atom stereocenters. The lowest BCUT2D eigenvalue weighted by Gasteiger charge is -2.09. The minimum atomic E-state index is -0.496. The lowest BCUT2D eigenvalue weighted by atomic mass is 10.2. The highest BCUT2D eigenvalue weighted by Gasteiger charge is 2.10. The standard InChI is InChI=1S/C9H17N3O2/c1-3-12-9(10-7-11-12)5-8(13)6-14-4-2/h7-8,13H,3-6H2,1-2H3. The Morgan fingerprint density at radius 2 is 2.36 bits per heavy atom. The van der Waals surface area contributed by atoms with E-state index in [0.717, 1.165) is 12.4 Å². The van der Waals surface area contributed by atoms with Gasteiger partial charge in [-0.3, -0.25) is 4.68 Å². The Balaban J connectivity index is 2.42. The molecule has 0 saturated carbocycles. The van der Waals surface area contributed by atoms with E-state index in [4.69, 9.17) is 4.74 Å². The second kappa shape index (κ2) is 5.72. The second-order valence-corrected chi connectivity index (χ2v) is 3.01. The number of aromatic nitrogens is 3. The van der Waals surface area contributed by atoms with Crippen LogP contribution in [0.3, 0.4) is 0 Å². The molecule has 0 aromatic carbocycles. The van der Waals surface area contributed by atoms with Crippen molar-refractivity contribution in [2.24, 2.45) is 0 Å². The molecule has 0 aliphatic heterocycles. The third-order valence-electron chi connectivity index (χ3n) is 1.93. The van der Waals surface area contributed by atoms with Gasteiger partial charge in [-0.2, -0.15) is 5.10 Å². The molecule has 1 N–H and O–H groups in total. The zero-order valence-electron chi connectivity index (χ0n) is 8.68. The molecule has 5 heteroatoms. The lowest BCUT2D eigenvalue weighted by molar-refractivity contribution is 0.0414. The Labute approximate surface area is 83.7 Å². The van der Waals surface area contributed by atoms with Crippen molar-refractivity contribution >= 4 is 0 Å². The van der Waals surface area contributed by atoms with Gasteiger partial charge in [0, 0.05) is 19.6 Å². The van der Waals surface area contributed by atoms with Crippen molar-refractivity contribution in [2.45, 2.75) is 32.9 Å². The maximum Gasteiger partial charge on any atom is 0.138 e. The van der Waals surface area contributed by atoms with Crippen LogP contribution in [0.25, 0.3) is 0 Å². The number of aliphatic hydroxyl groups excluding tert-OH is 1. The lowest BCUT2D eigenvalue weighted by Crippen LogP contribution is -2.20. The summed E-state index contributed by atoms with van der Waals surface area (Å²) in [6, 6.07) is 0. The van der Waals surface area contributed by atoms with E-state index in [9.17, 15) is 5.11 Å². The summed E-state index contributed by atoms with van der Waals surface area (Å²) in [5.41, 5.74) is 0. The van der Waals surface area contributed by atoms with E-state index >= 15 is 0 Å². The summed E-state index contributed by atoms with van der Waals surface area (Å²) in [5, 5.41) is 13.6. The van der Waals surface area contributed by atoms with Crippen molar-refractivity contribution in [2.75, 3.05) is 13.2 Å². The van der Waals surface area contributed by atoms with Crippen molar-refractivity contribution in [1.82, 2.24) is 14.8 Å². The second-order valence-electron chi connectivity index (χ2n) is 3.01. The Hall–Kier alpha value is -0.940. The van der Waals surface area contributed by atoms with Gasteiger partial charge in [-0.25, -0.2) is 4.98 Å². The molecule has 5 nitrogen and oxygen atoms in total. The number of nitrogens with zero attached hydrogens (tertiary/aromatic N) is 3. The molecule has 1 aromatic rings. The predicted molar refractivity (Wildman–Crippen MR) is 51.9 cm³/mol. The van der Waals surface area contributed by atoms with E-state index in [0.29, 0.717) is 19.6 Å². The van der Waals surface area contributed by atoms with Crippen molar-refractivity contribution in [3.8, 4) is 0 Å². The number of hydrogen-bond acceptors (Lipinski definition) is 4. The van der Waals surface area contributed by atoms with Gasteiger partial charge in [0.25, 0.3) is 0 Å². The summed E-state index contributed by atoms with van der Waals surface area (Å²) in [5.74, 6) is 0.805. The summed E-state index contributed by atoms with van der Waals surface area (Å²) in [6.07, 6.45) is 1.50. The quantitative estimate of drug-likeness (QED) is 0.713. The Kier molecular flexibility index (Phi) is 4.55. The SMILES string of the molecule is CCOCC(O)Cc1ncnn1CC. The van der Waals surface area contributed by atoms with E-state index in [1.807, 2.05) is 13.8 Å². The molecule has 0 amide bonds. The number of aliphatic hydroxyl groups is 1. The van der Waals surface area contributed by atoms with E-state index in [1.165, 1.54) is 6.33 Å². The van der Waals surface area contributed by atoms with Crippen LogP contribution >= 0.6 is 0 Å². The van der Waals surface area contributed by atoms with Crippen LogP contribution < -0.4 is 0 Å². The van der Waals surface area contributed by atoms with Crippen LogP contribution in [-0.2, 0) is 17.7 Å². The highest BCUT2D eigenvalue weighted by molar-refractivity contribution is 4.87. The van der Waals surface area contributed by atoms with Gasteiger partial charge in [0.15, 0.2) is 0 Å². The molecule has 80 valence electrons. The molecule has 0 saturated heterocycles. The predicted octanol–water partition coefficient (Wildman–Crippen LogP) is 0.238. The maximum atomic E-state index is 9.57. The Bertz CT molecular complexity index is 262. The number of ether oxygens (including phenoxy) is 1. The molecule has 0 aliphatic rings. The van der Waals surface area contributed by atoms with Crippen molar-refractivity contribution in [3.63, 3.8) is 0 Å². The fraction of sp³-hybridized carbons (Fsp3) is 0.778. The summed E-state index contributed by atoms with van der Waals surface area (Å²) in [4.78, 5) is 4.07. The van der Waals surface area contributed by atoms with Gasteiger partial charge in [0.1, 0.15) is 12.2 Å². The Morgan fingerprint density at radius 3 is 3.00 bits per heavy atom. The van der Waals surface area contributed by atoms with Gasteiger partial charge >= 0.3 is 0 Å². The highest BCUT2D eigenvalue weighted by atomic mass is 16.5. The third-order valence-corrected chi connectivity index (χ3v) is 1.93. The zero-order chi connectivity index (χ0) is 10.4. The van der Waals surface area contributed by atoms with Crippen LogP contribution in [0.5, 0.6) is 0 Å². The van der Waals surface area contributed by atoms with Crippen LogP contribution in [0.15, 0.2) is 6.33 Å². The first-order valence-corrected chi connectivity index (χ1v) is 4.90. The molecule has 0 aliphatic carbocycles. The van der Waals surface area contributed by atoms with Gasteiger partial charge < -0.3 is 9.84 Å². The van der Waals surface area contributed by atoms with Crippen LogP contribution in [0.1, 0.15) is 19.7 Å². The molecule has 0 spiro atoms. The minimum Gasteiger partial charge on any atom is -0.390 e. The molecule has 0 fully saturated rings. The number of hydrogen-bond donors (Lipinski definition) is 1. The maximum absolute atomic E-state index is 9.57. The van der Waals surface area contributed by atoms with Crippen LogP contribution in [0.4, 0.5) is 0 Å². The first-order chi connectivity index (χ1) is 6.77. The minimum absolute atomic E-state index is 0.354. The molecular formula is C9H17N3O2. The van der Waals surface area contributed by atoms with Crippen molar-refractivity contribution < 1.29 is 9.84 Å². The largest absolute Gasteiger partial charge is 0.390 e.